The number of aromatic nitrogens is 1. The number of pyridine rings is 1. The van der Waals surface area contributed by atoms with Crippen molar-refractivity contribution in [1.29, 1.82) is 0 Å². The van der Waals surface area contributed by atoms with E-state index < -0.39 is 11.6 Å². The maximum absolute atomic E-state index is 11.9. The largest absolute Gasteiger partial charge is 0.512 e. The molecule has 5 nitrogen and oxygen atoms in total. The molecule has 1 aromatic rings. The number of carbonyl (C=O) groups is 1. The predicted octanol–water partition coefficient (Wildman–Crippen LogP) is 2.96. The Balaban J connectivity index is 2.90. The van der Waals surface area contributed by atoms with E-state index in [2.05, 4.69) is 9.98 Å². The molecule has 19 heavy (non-hydrogen) atoms. The van der Waals surface area contributed by atoms with Gasteiger partial charge in [-0.3, -0.25) is 0 Å². The van der Waals surface area contributed by atoms with Crippen molar-refractivity contribution >= 4 is 18.0 Å². The summed E-state index contributed by atoms with van der Waals surface area (Å²) < 4.78 is 5.18. The molecule has 0 aliphatic carbocycles. The van der Waals surface area contributed by atoms with Crippen LogP contribution >= 0.6 is 0 Å². The van der Waals surface area contributed by atoms with Crippen LogP contribution in [0.4, 0.5) is 5.82 Å². The van der Waals surface area contributed by atoms with Crippen LogP contribution in [0, 0.1) is 0 Å². The van der Waals surface area contributed by atoms with Crippen LogP contribution in [0.25, 0.3) is 0 Å². The lowest BCUT2D eigenvalue weighted by Gasteiger charge is -2.19. The molecule has 0 fully saturated rings. The van der Waals surface area contributed by atoms with Gasteiger partial charge >= 0.3 is 5.97 Å². The summed E-state index contributed by atoms with van der Waals surface area (Å²) in [6.45, 7) is 6.67. The molecular formula is C14H18N2O3. The Labute approximate surface area is 112 Å². The zero-order chi connectivity index (χ0) is 14.5. The molecule has 1 aromatic heterocycles. The van der Waals surface area contributed by atoms with E-state index in [0.29, 0.717) is 5.82 Å². The van der Waals surface area contributed by atoms with Crippen molar-refractivity contribution in [2.24, 2.45) is 4.99 Å². The second kappa shape index (κ2) is 6.13. The number of ether oxygens (including phenoxy) is 1. The molecule has 0 atom stereocenters. The number of carbonyl (C=O) groups excluding carboxylic acids is 1. The number of hydrogen-bond donors (Lipinski definition) is 1. The lowest BCUT2D eigenvalue weighted by Crippen LogP contribution is -2.25. The lowest BCUT2D eigenvalue weighted by molar-refractivity contribution is -0.149. The quantitative estimate of drug-likeness (QED) is 0.393. The van der Waals surface area contributed by atoms with E-state index in [1.165, 1.54) is 13.1 Å². The Bertz CT molecular complexity index is 495. The number of allylic oxidation sites excluding steroid dienone is 1. The third-order valence-electron chi connectivity index (χ3n) is 1.98. The smallest absolute Gasteiger partial charge is 0.343 e. The van der Waals surface area contributed by atoms with Gasteiger partial charge in [0.25, 0.3) is 0 Å². The number of aliphatic hydroxyl groups is 1. The number of esters is 1. The number of nitrogens with zero attached hydrogens (tertiary/aromatic N) is 2. The van der Waals surface area contributed by atoms with Crippen LogP contribution in [-0.4, -0.2) is 27.9 Å². The van der Waals surface area contributed by atoms with Crippen molar-refractivity contribution in [2.75, 3.05) is 0 Å². The maximum Gasteiger partial charge on any atom is 0.343 e. The predicted molar refractivity (Wildman–Crippen MR) is 73.6 cm³/mol. The Kier molecular flexibility index (Phi) is 4.80. The van der Waals surface area contributed by atoms with Crippen LogP contribution in [0.3, 0.4) is 0 Å². The highest BCUT2D eigenvalue weighted by atomic mass is 16.6. The summed E-state index contributed by atoms with van der Waals surface area (Å²) in [5.41, 5.74) is -0.614. The summed E-state index contributed by atoms with van der Waals surface area (Å²) in [6, 6.07) is 5.24. The average molecular weight is 262 g/mol. The fourth-order valence-corrected chi connectivity index (χ4v) is 1.19. The second-order valence-electron chi connectivity index (χ2n) is 4.95. The van der Waals surface area contributed by atoms with Crippen molar-refractivity contribution in [3.05, 3.63) is 35.7 Å². The summed E-state index contributed by atoms with van der Waals surface area (Å²) >= 11 is 0. The van der Waals surface area contributed by atoms with E-state index >= 15 is 0 Å². The van der Waals surface area contributed by atoms with Crippen LogP contribution in [0.15, 0.2) is 40.7 Å². The highest BCUT2D eigenvalue weighted by molar-refractivity contribution is 6.10. The molecule has 0 unspecified atom stereocenters. The van der Waals surface area contributed by atoms with Crippen molar-refractivity contribution in [1.82, 2.24) is 4.98 Å². The first-order valence-corrected chi connectivity index (χ1v) is 5.88. The molecule has 0 aliphatic rings. The average Bonchev–Trinajstić information content (AvgIpc) is 2.27. The first kappa shape index (κ1) is 14.9. The molecule has 0 spiro atoms. The van der Waals surface area contributed by atoms with Gasteiger partial charge in [0.05, 0.1) is 0 Å². The highest BCUT2D eigenvalue weighted by Gasteiger charge is 2.20. The minimum absolute atomic E-state index is 0.0144. The van der Waals surface area contributed by atoms with E-state index in [1.54, 1.807) is 45.2 Å². The first-order valence-electron chi connectivity index (χ1n) is 5.88. The van der Waals surface area contributed by atoms with E-state index in [4.69, 9.17) is 4.74 Å². The molecule has 1 rings (SSSR count). The Morgan fingerprint density at radius 1 is 1.42 bits per heavy atom. The van der Waals surface area contributed by atoms with Gasteiger partial charge in [-0.2, -0.15) is 0 Å². The van der Waals surface area contributed by atoms with Crippen LogP contribution in [0.1, 0.15) is 27.7 Å². The summed E-state index contributed by atoms with van der Waals surface area (Å²) in [4.78, 5) is 19.9. The molecule has 0 aliphatic heterocycles. The molecule has 0 aromatic carbocycles. The Morgan fingerprint density at radius 2 is 2.11 bits per heavy atom. The lowest BCUT2D eigenvalue weighted by atomic mass is 10.2. The van der Waals surface area contributed by atoms with E-state index in [1.807, 2.05) is 0 Å². The summed E-state index contributed by atoms with van der Waals surface area (Å²) in [6.07, 6.45) is 2.85. The Morgan fingerprint density at radius 3 is 2.58 bits per heavy atom. The Hall–Kier alpha value is -2.17. The zero-order valence-electron chi connectivity index (χ0n) is 11.5. The van der Waals surface area contributed by atoms with Gasteiger partial charge in [0.1, 0.15) is 16.9 Å². The van der Waals surface area contributed by atoms with Crippen molar-refractivity contribution in [3.63, 3.8) is 0 Å². The number of aliphatic imine (C=N–C) groups is 1. The molecule has 0 amide bonds. The molecule has 102 valence electrons. The normalized spacial score (nSPS) is 13.3. The molecule has 0 saturated carbocycles. The summed E-state index contributed by atoms with van der Waals surface area (Å²) in [5.74, 6) is -0.314. The van der Waals surface area contributed by atoms with E-state index in [0.717, 1.165) is 0 Å². The van der Waals surface area contributed by atoms with Gasteiger partial charge in [0, 0.05) is 12.4 Å². The number of rotatable bonds is 3. The van der Waals surface area contributed by atoms with E-state index in [-0.39, 0.29) is 11.3 Å². The number of hydrogen-bond acceptors (Lipinski definition) is 5. The molecule has 1 N–H and O–H groups in total. The van der Waals surface area contributed by atoms with Gasteiger partial charge in [-0.05, 0) is 39.8 Å². The fourth-order valence-electron chi connectivity index (χ4n) is 1.19. The molecular weight excluding hydrogens is 244 g/mol. The third kappa shape index (κ3) is 5.33. The van der Waals surface area contributed by atoms with Gasteiger partial charge in [-0.1, -0.05) is 6.07 Å². The van der Waals surface area contributed by atoms with Crippen molar-refractivity contribution in [2.45, 2.75) is 33.3 Å². The van der Waals surface area contributed by atoms with Gasteiger partial charge in [-0.15, -0.1) is 0 Å². The third-order valence-corrected chi connectivity index (χ3v) is 1.98. The van der Waals surface area contributed by atoms with Crippen molar-refractivity contribution < 1.29 is 14.6 Å². The second-order valence-corrected chi connectivity index (χ2v) is 4.95. The zero-order valence-corrected chi connectivity index (χ0v) is 11.5. The van der Waals surface area contributed by atoms with Crippen molar-refractivity contribution in [3.8, 4) is 0 Å². The molecule has 0 radical (unpaired) electrons. The van der Waals surface area contributed by atoms with Crippen LogP contribution in [-0.2, 0) is 9.53 Å². The van der Waals surface area contributed by atoms with Crippen LogP contribution in [0.2, 0.25) is 0 Å². The van der Waals surface area contributed by atoms with Gasteiger partial charge in [0.15, 0.2) is 5.82 Å². The standard InChI is InChI=1S/C14H18N2O3/c1-10(17)11(13(18)19-14(2,3)4)9-16-12-7-5-6-8-15-12/h5-9,17H,1-4H3/b11-10+,16-9+. The minimum Gasteiger partial charge on any atom is -0.512 e. The first-order chi connectivity index (χ1) is 8.79. The number of aliphatic hydroxyl groups excluding tert-OH is 1. The van der Waals surface area contributed by atoms with Crippen LogP contribution in [0.5, 0.6) is 0 Å². The highest BCUT2D eigenvalue weighted by Crippen LogP contribution is 2.13. The summed E-state index contributed by atoms with van der Waals surface area (Å²) in [5, 5.41) is 9.52. The molecule has 0 saturated heterocycles. The fraction of sp³-hybridized carbons (Fsp3) is 0.357. The molecule has 5 heteroatoms. The molecule has 1 heterocycles. The monoisotopic (exact) mass is 262 g/mol. The summed E-state index contributed by atoms with van der Waals surface area (Å²) in [7, 11) is 0. The van der Waals surface area contributed by atoms with Gasteiger partial charge in [0.2, 0.25) is 0 Å². The topological polar surface area (TPSA) is 71.8 Å². The maximum atomic E-state index is 11.9. The SMILES string of the molecule is C/C(O)=C(/C=N/c1ccccn1)C(=O)OC(C)(C)C. The molecule has 0 bridgehead atoms. The van der Waals surface area contributed by atoms with Gasteiger partial charge in [-0.25, -0.2) is 14.8 Å². The van der Waals surface area contributed by atoms with Gasteiger partial charge < -0.3 is 9.84 Å². The van der Waals surface area contributed by atoms with Crippen LogP contribution < -0.4 is 0 Å². The minimum atomic E-state index is -0.628. The van der Waals surface area contributed by atoms with E-state index in [9.17, 15) is 9.90 Å².